The molecule has 1 N–H and O–H groups in total. The monoisotopic (exact) mass is 249 g/mol. The van der Waals surface area contributed by atoms with Crippen LogP contribution < -0.4 is 5.32 Å². The number of aromatic nitrogens is 2. The molecule has 0 radical (unpaired) electrons. The van der Waals surface area contributed by atoms with Gasteiger partial charge in [0, 0.05) is 11.7 Å². The van der Waals surface area contributed by atoms with Crippen molar-refractivity contribution >= 4 is 5.91 Å². The van der Waals surface area contributed by atoms with Crippen LogP contribution in [0.1, 0.15) is 50.9 Å². The van der Waals surface area contributed by atoms with Gasteiger partial charge in [0.05, 0.1) is 5.69 Å². The van der Waals surface area contributed by atoms with Gasteiger partial charge in [-0.3, -0.25) is 9.48 Å². The first-order chi connectivity index (χ1) is 8.72. The van der Waals surface area contributed by atoms with Crippen LogP contribution in [0.5, 0.6) is 0 Å². The van der Waals surface area contributed by atoms with Gasteiger partial charge in [-0.2, -0.15) is 5.10 Å². The number of carbonyl (C=O) groups excluding carboxylic acids is 1. The zero-order valence-corrected chi connectivity index (χ0v) is 11.4. The number of carbonyl (C=O) groups is 1. The van der Waals surface area contributed by atoms with Gasteiger partial charge < -0.3 is 5.32 Å². The van der Waals surface area contributed by atoms with Crippen molar-refractivity contribution < 1.29 is 4.79 Å². The topological polar surface area (TPSA) is 46.9 Å². The van der Waals surface area contributed by atoms with Gasteiger partial charge in [-0.1, -0.05) is 26.7 Å². The fourth-order valence-corrected chi connectivity index (χ4v) is 2.59. The van der Waals surface area contributed by atoms with Gasteiger partial charge in [0.15, 0.2) is 0 Å². The Morgan fingerprint density at radius 2 is 2.11 bits per heavy atom. The molecule has 1 aromatic heterocycles. The highest BCUT2D eigenvalue weighted by molar-refractivity contribution is 5.76. The lowest BCUT2D eigenvalue weighted by Gasteiger charge is -2.12. The summed E-state index contributed by atoms with van der Waals surface area (Å²) >= 11 is 0. The van der Waals surface area contributed by atoms with E-state index in [4.69, 9.17) is 0 Å². The summed E-state index contributed by atoms with van der Waals surface area (Å²) in [5.41, 5.74) is 2.22. The highest BCUT2D eigenvalue weighted by Gasteiger charge is 2.18. The molecular weight excluding hydrogens is 226 g/mol. The van der Waals surface area contributed by atoms with Crippen molar-refractivity contribution in [2.24, 2.45) is 0 Å². The molecule has 0 atom stereocenters. The third-order valence-electron chi connectivity index (χ3n) is 3.65. The summed E-state index contributed by atoms with van der Waals surface area (Å²) in [5.74, 6) is 0.0994. The van der Waals surface area contributed by atoms with Crippen molar-refractivity contribution in [3.05, 3.63) is 17.5 Å². The van der Waals surface area contributed by atoms with Crippen LogP contribution in [0.15, 0.2) is 6.07 Å². The van der Waals surface area contributed by atoms with E-state index >= 15 is 0 Å². The van der Waals surface area contributed by atoms with Gasteiger partial charge in [-0.05, 0) is 31.7 Å². The zero-order valence-electron chi connectivity index (χ0n) is 11.4. The minimum atomic E-state index is 0.0994. The maximum Gasteiger partial charge on any atom is 0.241 e. The third kappa shape index (κ3) is 3.12. The highest BCUT2D eigenvalue weighted by Crippen LogP contribution is 2.17. The maximum atomic E-state index is 12.0. The first-order valence-electron chi connectivity index (χ1n) is 7.07. The Balaban J connectivity index is 1.94. The Morgan fingerprint density at radius 1 is 1.39 bits per heavy atom. The lowest BCUT2D eigenvalue weighted by Crippen LogP contribution is -2.35. The minimum absolute atomic E-state index is 0.0994. The predicted molar refractivity (Wildman–Crippen MR) is 71.4 cm³/mol. The summed E-state index contributed by atoms with van der Waals surface area (Å²) < 4.78 is 1.85. The van der Waals surface area contributed by atoms with E-state index in [2.05, 4.69) is 30.3 Å². The average molecular weight is 249 g/mol. The summed E-state index contributed by atoms with van der Waals surface area (Å²) in [7, 11) is 0. The molecule has 4 heteroatoms. The van der Waals surface area contributed by atoms with Crippen molar-refractivity contribution in [2.75, 3.05) is 0 Å². The molecule has 0 saturated heterocycles. The van der Waals surface area contributed by atoms with Gasteiger partial charge in [0.2, 0.25) is 5.91 Å². The largest absolute Gasteiger partial charge is 0.352 e. The normalized spacial score (nSPS) is 16.1. The van der Waals surface area contributed by atoms with E-state index in [1.165, 1.54) is 12.8 Å². The van der Waals surface area contributed by atoms with Gasteiger partial charge in [0.25, 0.3) is 0 Å². The van der Waals surface area contributed by atoms with Crippen molar-refractivity contribution in [3.8, 4) is 0 Å². The van der Waals surface area contributed by atoms with Crippen LogP contribution in [0.4, 0.5) is 0 Å². The molecule has 1 aliphatic carbocycles. The number of hydrogen-bond donors (Lipinski definition) is 1. The second-order valence-corrected chi connectivity index (χ2v) is 5.04. The van der Waals surface area contributed by atoms with Crippen LogP contribution in [0.25, 0.3) is 0 Å². The Hall–Kier alpha value is -1.32. The van der Waals surface area contributed by atoms with Crippen LogP contribution in [0.2, 0.25) is 0 Å². The molecule has 0 spiro atoms. The molecule has 1 fully saturated rings. The molecule has 100 valence electrons. The van der Waals surface area contributed by atoms with E-state index in [1.54, 1.807) is 0 Å². The predicted octanol–water partition coefficient (Wildman–Crippen LogP) is 2.07. The molecule has 1 amide bonds. The van der Waals surface area contributed by atoms with E-state index in [0.29, 0.717) is 12.6 Å². The van der Waals surface area contributed by atoms with Gasteiger partial charge in [-0.15, -0.1) is 0 Å². The van der Waals surface area contributed by atoms with Crippen LogP contribution in [0, 0.1) is 0 Å². The summed E-state index contributed by atoms with van der Waals surface area (Å²) in [4.78, 5) is 12.0. The number of hydrogen-bond acceptors (Lipinski definition) is 2. The highest BCUT2D eigenvalue weighted by atomic mass is 16.2. The number of nitrogens with one attached hydrogen (secondary N) is 1. The standard InChI is InChI=1S/C14H23N3O/c1-3-11-9-13(4-2)17(16-11)10-14(18)15-12-7-5-6-8-12/h9,12H,3-8,10H2,1-2H3,(H,15,18). The third-order valence-corrected chi connectivity index (χ3v) is 3.65. The smallest absolute Gasteiger partial charge is 0.241 e. The van der Waals surface area contributed by atoms with Crippen molar-refractivity contribution in [1.29, 1.82) is 0 Å². The molecule has 1 saturated carbocycles. The second kappa shape index (κ2) is 6.03. The van der Waals surface area contributed by atoms with E-state index in [9.17, 15) is 4.79 Å². The lowest BCUT2D eigenvalue weighted by atomic mass is 10.2. The zero-order chi connectivity index (χ0) is 13.0. The molecule has 1 aromatic rings. The molecular formula is C14H23N3O. The fraction of sp³-hybridized carbons (Fsp3) is 0.714. The molecule has 4 nitrogen and oxygen atoms in total. The maximum absolute atomic E-state index is 12.0. The number of rotatable bonds is 5. The van der Waals surface area contributed by atoms with E-state index < -0.39 is 0 Å². The summed E-state index contributed by atoms with van der Waals surface area (Å²) in [6.07, 6.45) is 6.59. The van der Waals surface area contributed by atoms with Crippen LogP contribution >= 0.6 is 0 Å². The quantitative estimate of drug-likeness (QED) is 0.868. The van der Waals surface area contributed by atoms with E-state index in [0.717, 1.165) is 37.1 Å². The molecule has 1 heterocycles. The summed E-state index contributed by atoms with van der Waals surface area (Å²) in [5, 5.41) is 7.58. The van der Waals surface area contributed by atoms with E-state index in [-0.39, 0.29) is 5.91 Å². The summed E-state index contributed by atoms with van der Waals surface area (Å²) in [6.45, 7) is 4.55. The molecule has 0 unspecified atom stereocenters. The number of aryl methyl sites for hydroxylation is 2. The summed E-state index contributed by atoms with van der Waals surface area (Å²) in [6, 6.07) is 2.49. The molecule has 2 rings (SSSR count). The van der Waals surface area contributed by atoms with Gasteiger partial charge >= 0.3 is 0 Å². The SMILES string of the molecule is CCc1cc(CC)n(CC(=O)NC2CCCC2)n1. The lowest BCUT2D eigenvalue weighted by molar-refractivity contribution is -0.122. The number of amides is 1. The van der Waals surface area contributed by atoms with Crippen molar-refractivity contribution in [1.82, 2.24) is 15.1 Å². The molecule has 18 heavy (non-hydrogen) atoms. The fourth-order valence-electron chi connectivity index (χ4n) is 2.59. The molecule has 0 aromatic carbocycles. The molecule has 0 aliphatic heterocycles. The minimum Gasteiger partial charge on any atom is -0.352 e. The average Bonchev–Trinajstić information content (AvgIpc) is 2.98. The van der Waals surface area contributed by atoms with Crippen molar-refractivity contribution in [3.63, 3.8) is 0 Å². The Kier molecular flexibility index (Phi) is 4.39. The van der Waals surface area contributed by atoms with Crippen LogP contribution in [-0.4, -0.2) is 21.7 Å². The van der Waals surface area contributed by atoms with Crippen LogP contribution in [-0.2, 0) is 24.2 Å². The molecule has 0 bridgehead atoms. The van der Waals surface area contributed by atoms with Gasteiger partial charge in [-0.25, -0.2) is 0 Å². The van der Waals surface area contributed by atoms with Crippen LogP contribution in [0.3, 0.4) is 0 Å². The van der Waals surface area contributed by atoms with Crippen molar-refractivity contribution in [2.45, 2.75) is 65.0 Å². The first kappa shape index (κ1) is 13.1. The first-order valence-corrected chi connectivity index (χ1v) is 7.07. The Morgan fingerprint density at radius 3 is 2.72 bits per heavy atom. The second-order valence-electron chi connectivity index (χ2n) is 5.04. The van der Waals surface area contributed by atoms with E-state index in [1.807, 2.05) is 4.68 Å². The molecule has 1 aliphatic rings. The Labute approximate surface area is 109 Å². The van der Waals surface area contributed by atoms with Gasteiger partial charge in [0.1, 0.15) is 6.54 Å². The Bertz CT molecular complexity index is 405. The number of nitrogens with zero attached hydrogens (tertiary/aromatic N) is 2.